The van der Waals surface area contributed by atoms with Crippen molar-refractivity contribution in [1.29, 1.82) is 0 Å². The van der Waals surface area contributed by atoms with Crippen LogP contribution < -0.4 is 10.1 Å². The first kappa shape index (κ1) is 18.8. The van der Waals surface area contributed by atoms with Crippen LogP contribution in [0.15, 0.2) is 18.2 Å². The minimum atomic E-state index is -0.890. The highest BCUT2D eigenvalue weighted by molar-refractivity contribution is 5.89. The first-order valence-electron chi connectivity index (χ1n) is 7.75. The summed E-state index contributed by atoms with van der Waals surface area (Å²) in [4.78, 5) is 11.0. The summed E-state index contributed by atoms with van der Waals surface area (Å²) < 4.78 is 5.77. The molecule has 1 heterocycles. The fraction of sp³-hybridized carbons (Fsp3) is 0.588. The van der Waals surface area contributed by atoms with Gasteiger partial charge in [-0.25, -0.2) is 4.79 Å². The van der Waals surface area contributed by atoms with Gasteiger partial charge in [-0.15, -0.1) is 12.4 Å². The van der Waals surface area contributed by atoms with Crippen molar-refractivity contribution in [2.45, 2.75) is 33.1 Å². The Hall–Kier alpha value is -1.26. The van der Waals surface area contributed by atoms with E-state index in [1.807, 2.05) is 0 Å². The van der Waals surface area contributed by atoms with E-state index in [0.29, 0.717) is 18.1 Å². The molecule has 0 unspecified atom stereocenters. The van der Waals surface area contributed by atoms with Crippen molar-refractivity contribution < 1.29 is 14.6 Å². The second-order valence-electron chi connectivity index (χ2n) is 5.98. The smallest absolute Gasteiger partial charge is 0.335 e. The van der Waals surface area contributed by atoms with Gasteiger partial charge in [-0.2, -0.15) is 0 Å². The summed E-state index contributed by atoms with van der Waals surface area (Å²) in [5.41, 5.74) is 1.08. The minimum Gasteiger partial charge on any atom is -0.494 e. The molecule has 0 radical (unpaired) electrons. The van der Waals surface area contributed by atoms with E-state index in [2.05, 4.69) is 12.2 Å². The second kappa shape index (κ2) is 9.01. The number of hydrogen-bond donors (Lipinski definition) is 2. The van der Waals surface area contributed by atoms with Crippen molar-refractivity contribution in [2.24, 2.45) is 11.8 Å². The topological polar surface area (TPSA) is 58.6 Å². The number of ether oxygens (including phenoxy) is 1. The molecule has 0 amide bonds. The molecular formula is C17H26ClNO3. The Morgan fingerprint density at radius 1 is 1.41 bits per heavy atom. The van der Waals surface area contributed by atoms with E-state index in [1.165, 1.54) is 12.8 Å². The summed E-state index contributed by atoms with van der Waals surface area (Å²) in [5, 5.41) is 12.4. The first-order valence-corrected chi connectivity index (χ1v) is 7.75. The predicted molar refractivity (Wildman–Crippen MR) is 90.3 cm³/mol. The van der Waals surface area contributed by atoms with Crippen molar-refractivity contribution in [1.82, 2.24) is 5.32 Å². The molecule has 1 saturated heterocycles. The Kier molecular flexibility index (Phi) is 7.69. The van der Waals surface area contributed by atoms with Crippen LogP contribution in [0.4, 0.5) is 0 Å². The molecule has 1 aliphatic heterocycles. The molecule has 22 heavy (non-hydrogen) atoms. The van der Waals surface area contributed by atoms with E-state index >= 15 is 0 Å². The molecule has 1 atom stereocenters. The third-order valence-corrected chi connectivity index (χ3v) is 4.46. The molecule has 1 aromatic rings. The summed E-state index contributed by atoms with van der Waals surface area (Å²) >= 11 is 0. The number of aromatic carboxylic acids is 1. The van der Waals surface area contributed by atoms with E-state index in [1.54, 1.807) is 25.1 Å². The van der Waals surface area contributed by atoms with Crippen molar-refractivity contribution in [3.8, 4) is 5.75 Å². The number of piperidine rings is 1. The number of carboxylic acid groups (broad SMARTS) is 1. The predicted octanol–water partition coefficient (Wildman–Crippen LogP) is 3.52. The number of halogens is 1. The normalized spacial score (nSPS) is 16.6. The highest BCUT2D eigenvalue weighted by Crippen LogP contribution is 2.25. The fourth-order valence-electron chi connectivity index (χ4n) is 2.98. The SMILES string of the molecule is Cc1cc(OCC[C@@H](C)C2CCNCC2)ccc1C(=O)O.Cl. The van der Waals surface area contributed by atoms with Crippen LogP contribution in [-0.2, 0) is 0 Å². The molecule has 124 valence electrons. The van der Waals surface area contributed by atoms with Gasteiger partial charge >= 0.3 is 5.97 Å². The van der Waals surface area contributed by atoms with Crippen LogP contribution in [0.1, 0.15) is 42.1 Å². The van der Waals surface area contributed by atoms with Gasteiger partial charge in [0.15, 0.2) is 0 Å². The molecule has 4 nitrogen and oxygen atoms in total. The van der Waals surface area contributed by atoms with Gasteiger partial charge in [-0.05, 0) is 74.9 Å². The highest BCUT2D eigenvalue weighted by atomic mass is 35.5. The fourth-order valence-corrected chi connectivity index (χ4v) is 2.98. The quantitative estimate of drug-likeness (QED) is 0.839. The van der Waals surface area contributed by atoms with Gasteiger partial charge in [0.2, 0.25) is 0 Å². The van der Waals surface area contributed by atoms with Crippen LogP contribution >= 0.6 is 12.4 Å². The van der Waals surface area contributed by atoms with E-state index in [0.717, 1.165) is 36.7 Å². The zero-order chi connectivity index (χ0) is 15.2. The van der Waals surface area contributed by atoms with Crippen LogP contribution in [0.2, 0.25) is 0 Å². The monoisotopic (exact) mass is 327 g/mol. The molecule has 1 aliphatic rings. The lowest BCUT2D eigenvalue weighted by Gasteiger charge is -2.28. The average molecular weight is 328 g/mol. The number of nitrogens with one attached hydrogen (secondary N) is 1. The van der Waals surface area contributed by atoms with Crippen molar-refractivity contribution >= 4 is 18.4 Å². The Bertz CT molecular complexity index is 487. The number of hydrogen-bond acceptors (Lipinski definition) is 3. The Labute approximate surface area is 138 Å². The van der Waals surface area contributed by atoms with E-state index in [4.69, 9.17) is 9.84 Å². The van der Waals surface area contributed by atoms with Gasteiger partial charge in [0.25, 0.3) is 0 Å². The average Bonchev–Trinajstić information content (AvgIpc) is 2.47. The summed E-state index contributed by atoms with van der Waals surface area (Å²) in [6.45, 7) is 7.06. The molecule has 0 saturated carbocycles. The van der Waals surface area contributed by atoms with Crippen LogP contribution in [0, 0.1) is 18.8 Å². The maximum Gasteiger partial charge on any atom is 0.335 e. The maximum absolute atomic E-state index is 11.0. The van der Waals surface area contributed by atoms with Crippen molar-refractivity contribution in [2.75, 3.05) is 19.7 Å². The van der Waals surface area contributed by atoms with Crippen molar-refractivity contribution in [3.63, 3.8) is 0 Å². The lowest BCUT2D eigenvalue weighted by atomic mass is 9.84. The minimum absolute atomic E-state index is 0. The molecule has 0 spiro atoms. The molecular weight excluding hydrogens is 302 g/mol. The van der Waals surface area contributed by atoms with Gasteiger partial charge in [-0.3, -0.25) is 0 Å². The molecule has 2 N–H and O–H groups in total. The maximum atomic E-state index is 11.0. The molecule has 0 bridgehead atoms. The zero-order valence-corrected chi connectivity index (χ0v) is 14.1. The number of carbonyl (C=O) groups is 1. The Balaban J connectivity index is 0.00000242. The number of carboxylic acids is 1. The standard InChI is InChI=1S/C17H25NO3.ClH/c1-12(14-5-8-18-9-6-14)7-10-21-15-3-4-16(17(19)20)13(2)11-15;/h3-4,11-12,14,18H,5-10H2,1-2H3,(H,19,20);1H/t12-;/m1./s1. The summed E-state index contributed by atoms with van der Waals surface area (Å²) in [5.74, 6) is 1.34. The Morgan fingerprint density at radius 3 is 2.68 bits per heavy atom. The van der Waals surface area contributed by atoms with Gasteiger partial charge in [0.1, 0.15) is 5.75 Å². The van der Waals surface area contributed by atoms with Crippen molar-refractivity contribution in [3.05, 3.63) is 29.3 Å². The van der Waals surface area contributed by atoms with Crippen LogP contribution in [0.3, 0.4) is 0 Å². The van der Waals surface area contributed by atoms with E-state index in [9.17, 15) is 4.79 Å². The molecule has 0 aliphatic carbocycles. The van der Waals surface area contributed by atoms with E-state index < -0.39 is 5.97 Å². The first-order chi connectivity index (χ1) is 10.1. The summed E-state index contributed by atoms with van der Waals surface area (Å²) in [6.07, 6.45) is 3.56. The molecule has 2 rings (SSSR count). The highest BCUT2D eigenvalue weighted by Gasteiger charge is 2.19. The number of aryl methyl sites for hydroxylation is 1. The third-order valence-electron chi connectivity index (χ3n) is 4.46. The van der Waals surface area contributed by atoms with E-state index in [-0.39, 0.29) is 12.4 Å². The summed E-state index contributed by atoms with van der Waals surface area (Å²) in [7, 11) is 0. The number of rotatable bonds is 6. The van der Waals surface area contributed by atoms with Gasteiger partial charge in [0.05, 0.1) is 12.2 Å². The lowest BCUT2D eigenvalue weighted by Crippen LogP contribution is -2.31. The zero-order valence-electron chi connectivity index (χ0n) is 13.3. The Morgan fingerprint density at radius 2 is 2.09 bits per heavy atom. The third kappa shape index (κ3) is 5.18. The molecule has 1 fully saturated rings. The second-order valence-corrected chi connectivity index (χ2v) is 5.98. The van der Waals surface area contributed by atoms with Gasteiger partial charge < -0.3 is 15.2 Å². The largest absolute Gasteiger partial charge is 0.494 e. The number of benzene rings is 1. The summed E-state index contributed by atoms with van der Waals surface area (Å²) in [6, 6.07) is 5.16. The lowest BCUT2D eigenvalue weighted by molar-refractivity contribution is 0.0696. The van der Waals surface area contributed by atoms with Gasteiger partial charge in [-0.1, -0.05) is 6.92 Å². The molecule has 0 aromatic heterocycles. The van der Waals surface area contributed by atoms with Crippen LogP contribution in [-0.4, -0.2) is 30.8 Å². The van der Waals surface area contributed by atoms with Crippen LogP contribution in [0.25, 0.3) is 0 Å². The molecule has 5 heteroatoms. The van der Waals surface area contributed by atoms with Crippen LogP contribution in [0.5, 0.6) is 5.75 Å². The molecule has 1 aromatic carbocycles. The van der Waals surface area contributed by atoms with Gasteiger partial charge in [0, 0.05) is 0 Å².